The van der Waals surface area contributed by atoms with E-state index in [1.165, 1.54) is 18.2 Å². The summed E-state index contributed by atoms with van der Waals surface area (Å²) in [4.78, 5) is 12.0. The van der Waals surface area contributed by atoms with Crippen molar-refractivity contribution in [3.63, 3.8) is 0 Å². The molecule has 0 atom stereocenters. The number of halogens is 1. The highest BCUT2D eigenvalue weighted by molar-refractivity contribution is 7.92. The van der Waals surface area contributed by atoms with Gasteiger partial charge in [0.25, 0.3) is 5.91 Å². The number of amides is 1. The lowest BCUT2D eigenvalue weighted by molar-refractivity contribution is 0.102. The predicted molar refractivity (Wildman–Crippen MR) is 79.1 cm³/mol. The number of hydrogen-bond acceptors (Lipinski definition) is 5. The molecule has 0 aliphatic carbocycles. The Morgan fingerprint density at radius 3 is 2.62 bits per heavy atom. The van der Waals surface area contributed by atoms with Crippen LogP contribution in [-0.2, 0) is 10.0 Å². The van der Waals surface area contributed by atoms with Gasteiger partial charge in [-0.3, -0.25) is 9.52 Å². The first-order chi connectivity index (χ1) is 9.74. The number of benzene rings is 1. The fraction of sp³-hybridized carbons (Fsp3) is 0.167. The number of carbonyl (C=O) groups is 1. The zero-order chi connectivity index (χ0) is 15.6. The van der Waals surface area contributed by atoms with Crippen molar-refractivity contribution in [2.75, 3.05) is 16.3 Å². The summed E-state index contributed by atoms with van der Waals surface area (Å²) in [6.07, 6.45) is 0.994. The van der Waals surface area contributed by atoms with Gasteiger partial charge in [0.15, 0.2) is 5.82 Å². The highest BCUT2D eigenvalue weighted by Crippen LogP contribution is 2.24. The molecule has 2 aromatic rings. The topological polar surface area (TPSA) is 101 Å². The summed E-state index contributed by atoms with van der Waals surface area (Å²) in [6, 6.07) is 5.80. The van der Waals surface area contributed by atoms with Crippen LogP contribution in [-0.4, -0.2) is 25.7 Å². The van der Waals surface area contributed by atoms with Crippen molar-refractivity contribution in [3.05, 3.63) is 40.6 Å². The number of aryl methyl sites for hydroxylation is 1. The lowest BCUT2D eigenvalue weighted by atomic mass is 10.2. The minimum absolute atomic E-state index is 0.128. The van der Waals surface area contributed by atoms with Gasteiger partial charge in [0.05, 0.1) is 17.0 Å². The van der Waals surface area contributed by atoms with Crippen LogP contribution in [0, 0.1) is 6.92 Å². The molecule has 0 fully saturated rings. The Kier molecular flexibility index (Phi) is 4.19. The Morgan fingerprint density at radius 2 is 2.05 bits per heavy atom. The Hall–Kier alpha value is -2.06. The third-order valence-corrected chi connectivity index (χ3v) is 3.31. The number of carbonyl (C=O) groups excluding carboxylic acids is 1. The van der Waals surface area contributed by atoms with E-state index in [2.05, 4.69) is 15.2 Å². The van der Waals surface area contributed by atoms with Gasteiger partial charge in [0, 0.05) is 11.6 Å². The number of hydrogen-bond donors (Lipinski definition) is 2. The van der Waals surface area contributed by atoms with E-state index in [0.717, 1.165) is 6.26 Å². The molecule has 1 aromatic carbocycles. The molecule has 1 aromatic heterocycles. The second-order valence-electron chi connectivity index (χ2n) is 4.35. The average Bonchev–Trinajstić information content (AvgIpc) is 2.75. The fourth-order valence-corrected chi connectivity index (χ4v) is 2.35. The lowest BCUT2D eigenvalue weighted by Gasteiger charge is -2.08. The highest BCUT2D eigenvalue weighted by Gasteiger charge is 2.13. The fourth-order valence-electron chi connectivity index (χ4n) is 1.56. The Bertz CT molecular complexity index is 786. The third kappa shape index (κ3) is 4.20. The number of nitrogens with one attached hydrogen (secondary N) is 2. The summed E-state index contributed by atoms with van der Waals surface area (Å²) in [5.41, 5.74) is 0.356. The van der Waals surface area contributed by atoms with E-state index in [4.69, 9.17) is 16.1 Å². The van der Waals surface area contributed by atoms with Crippen molar-refractivity contribution in [2.24, 2.45) is 0 Å². The number of rotatable bonds is 4. The molecule has 1 amide bonds. The van der Waals surface area contributed by atoms with Crippen LogP contribution in [0.25, 0.3) is 0 Å². The SMILES string of the molecule is Cc1cc(NC(=O)c2ccc(Cl)c(NS(C)(=O)=O)c2)no1. The molecule has 0 saturated carbocycles. The van der Waals surface area contributed by atoms with Crippen LogP contribution >= 0.6 is 11.6 Å². The Balaban J connectivity index is 2.23. The number of aromatic nitrogens is 1. The summed E-state index contributed by atoms with van der Waals surface area (Å²) in [5, 5.41) is 6.35. The van der Waals surface area contributed by atoms with Gasteiger partial charge >= 0.3 is 0 Å². The molecule has 21 heavy (non-hydrogen) atoms. The van der Waals surface area contributed by atoms with E-state index in [1.54, 1.807) is 13.0 Å². The number of nitrogens with zero attached hydrogens (tertiary/aromatic N) is 1. The number of sulfonamides is 1. The van der Waals surface area contributed by atoms with E-state index in [-0.39, 0.29) is 22.1 Å². The van der Waals surface area contributed by atoms with Crippen molar-refractivity contribution in [1.82, 2.24) is 5.16 Å². The quantitative estimate of drug-likeness (QED) is 0.895. The van der Waals surface area contributed by atoms with Crippen LogP contribution in [0.15, 0.2) is 28.8 Å². The molecular formula is C12H12ClN3O4S. The van der Waals surface area contributed by atoms with Gasteiger partial charge in [-0.1, -0.05) is 16.8 Å². The van der Waals surface area contributed by atoms with Gasteiger partial charge in [0.2, 0.25) is 10.0 Å². The molecule has 112 valence electrons. The van der Waals surface area contributed by atoms with Crippen molar-refractivity contribution in [2.45, 2.75) is 6.92 Å². The Labute approximate surface area is 126 Å². The zero-order valence-electron chi connectivity index (χ0n) is 11.2. The summed E-state index contributed by atoms with van der Waals surface area (Å²) in [6.45, 7) is 1.69. The molecule has 0 aliphatic heterocycles. The Morgan fingerprint density at radius 1 is 1.33 bits per heavy atom. The lowest BCUT2D eigenvalue weighted by Crippen LogP contribution is -2.14. The van der Waals surface area contributed by atoms with Gasteiger partial charge in [-0.25, -0.2) is 8.42 Å². The van der Waals surface area contributed by atoms with Crippen molar-refractivity contribution in [3.8, 4) is 0 Å². The summed E-state index contributed by atoms with van der Waals surface area (Å²) < 4.78 is 29.5. The van der Waals surface area contributed by atoms with Crippen LogP contribution in [0.1, 0.15) is 16.1 Å². The van der Waals surface area contributed by atoms with Crippen molar-refractivity contribution in [1.29, 1.82) is 0 Å². The molecule has 0 saturated heterocycles. The molecule has 0 unspecified atom stereocenters. The van der Waals surface area contributed by atoms with E-state index >= 15 is 0 Å². The van der Waals surface area contributed by atoms with Gasteiger partial charge in [0.1, 0.15) is 5.76 Å². The maximum atomic E-state index is 12.0. The van der Waals surface area contributed by atoms with Crippen LogP contribution in [0.3, 0.4) is 0 Å². The molecule has 0 bridgehead atoms. The van der Waals surface area contributed by atoms with Crippen LogP contribution in [0.5, 0.6) is 0 Å². The largest absolute Gasteiger partial charge is 0.360 e. The van der Waals surface area contributed by atoms with E-state index in [9.17, 15) is 13.2 Å². The monoisotopic (exact) mass is 329 g/mol. The maximum absolute atomic E-state index is 12.0. The summed E-state index contributed by atoms with van der Waals surface area (Å²) in [7, 11) is -3.49. The minimum atomic E-state index is -3.49. The van der Waals surface area contributed by atoms with Crippen LogP contribution in [0.2, 0.25) is 5.02 Å². The van der Waals surface area contributed by atoms with Gasteiger partial charge in [-0.15, -0.1) is 0 Å². The molecule has 2 N–H and O–H groups in total. The van der Waals surface area contributed by atoms with Gasteiger partial charge in [-0.2, -0.15) is 0 Å². The van der Waals surface area contributed by atoms with Crippen molar-refractivity contribution >= 4 is 39.0 Å². The van der Waals surface area contributed by atoms with Gasteiger partial charge < -0.3 is 9.84 Å². The third-order valence-electron chi connectivity index (χ3n) is 2.39. The highest BCUT2D eigenvalue weighted by atomic mass is 35.5. The molecule has 0 spiro atoms. The van der Waals surface area contributed by atoms with Crippen LogP contribution < -0.4 is 10.0 Å². The van der Waals surface area contributed by atoms with Crippen LogP contribution in [0.4, 0.5) is 11.5 Å². The van der Waals surface area contributed by atoms with Crippen molar-refractivity contribution < 1.29 is 17.7 Å². The minimum Gasteiger partial charge on any atom is -0.360 e. The second kappa shape index (κ2) is 5.74. The summed E-state index contributed by atoms with van der Waals surface area (Å²) >= 11 is 5.88. The first-order valence-electron chi connectivity index (χ1n) is 5.76. The average molecular weight is 330 g/mol. The number of anilines is 2. The normalized spacial score (nSPS) is 11.2. The van der Waals surface area contributed by atoms with E-state index in [1.807, 2.05) is 0 Å². The molecule has 9 heteroatoms. The second-order valence-corrected chi connectivity index (χ2v) is 6.50. The predicted octanol–water partition coefficient (Wildman–Crippen LogP) is 2.26. The molecular weight excluding hydrogens is 318 g/mol. The van der Waals surface area contributed by atoms with E-state index in [0.29, 0.717) is 5.76 Å². The molecule has 0 aliphatic rings. The van der Waals surface area contributed by atoms with Gasteiger partial charge in [-0.05, 0) is 25.1 Å². The maximum Gasteiger partial charge on any atom is 0.256 e. The standard InChI is InChI=1S/C12H12ClN3O4S/c1-7-5-11(15-20-7)14-12(17)8-3-4-9(13)10(6-8)16-21(2,18)19/h3-6,16H,1-2H3,(H,14,15,17). The van der Waals surface area contributed by atoms with E-state index < -0.39 is 15.9 Å². The molecule has 7 nitrogen and oxygen atoms in total. The zero-order valence-corrected chi connectivity index (χ0v) is 12.7. The first-order valence-corrected chi connectivity index (χ1v) is 8.03. The first kappa shape index (κ1) is 15.3. The smallest absolute Gasteiger partial charge is 0.256 e. The summed E-state index contributed by atoms with van der Waals surface area (Å²) in [5.74, 6) is 0.363. The molecule has 1 heterocycles. The molecule has 2 rings (SSSR count). The molecule has 0 radical (unpaired) electrons.